The van der Waals surface area contributed by atoms with E-state index in [2.05, 4.69) is 126 Å². The van der Waals surface area contributed by atoms with Crippen LogP contribution in [0.3, 0.4) is 0 Å². The lowest BCUT2D eigenvalue weighted by atomic mass is 9.99. The van der Waals surface area contributed by atoms with Crippen LogP contribution < -0.4 is 0 Å². The third-order valence-electron chi connectivity index (χ3n) is 9.04. The maximum absolute atomic E-state index is 5.38. The summed E-state index contributed by atoms with van der Waals surface area (Å²) in [4.78, 5) is 15.4. The predicted octanol–water partition coefficient (Wildman–Crippen LogP) is 11.0. The monoisotopic (exact) mass is 604 g/mol. The first-order chi connectivity index (χ1) is 22.8. The summed E-state index contributed by atoms with van der Waals surface area (Å²) in [6.07, 6.45) is 1.82. The highest BCUT2D eigenvalue weighted by Crippen LogP contribution is 2.47. The van der Waals surface area contributed by atoms with Crippen LogP contribution in [0.4, 0.5) is 0 Å². The van der Waals surface area contributed by atoms with Gasteiger partial charge in [0.15, 0.2) is 0 Å². The van der Waals surface area contributed by atoms with E-state index in [1.807, 2.05) is 35.7 Å². The second-order valence-electron chi connectivity index (χ2n) is 11.6. The average molecular weight is 605 g/mol. The van der Waals surface area contributed by atoms with Gasteiger partial charge in [-0.15, -0.1) is 11.3 Å². The van der Waals surface area contributed by atoms with Gasteiger partial charge >= 0.3 is 0 Å². The van der Waals surface area contributed by atoms with Crippen molar-refractivity contribution in [1.29, 1.82) is 0 Å². The van der Waals surface area contributed by atoms with Crippen LogP contribution in [0.5, 0.6) is 0 Å². The minimum Gasteiger partial charge on any atom is -0.276 e. The standard InChI is InChI=1S/C41H24N4S/c1-2-12-25(13-3-1)26-14-10-15-27(24-26)37-38-32(20-11-23-42-38)43-41(44-37)45-33-21-8-6-18-30(33)35-28-16-4-5-17-29(28)36-31-19-7-9-22-34(31)46-40(36)39(35)45/h1-24H. The van der Waals surface area contributed by atoms with E-state index >= 15 is 0 Å². The number of benzene rings is 6. The summed E-state index contributed by atoms with van der Waals surface area (Å²) in [6, 6.07) is 49.2. The summed E-state index contributed by atoms with van der Waals surface area (Å²) in [7, 11) is 0. The smallest absolute Gasteiger partial charge is 0.235 e. The Morgan fingerprint density at radius 1 is 0.522 bits per heavy atom. The van der Waals surface area contributed by atoms with Crippen LogP contribution in [-0.2, 0) is 0 Å². The molecule has 0 fully saturated rings. The van der Waals surface area contributed by atoms with Crippen LogP contribution in [0.15, 0.2) is 146 Å². The summed E-state index contributed by atoms with van der Waals surface area (Å²) >= 11 is 1.85. The average Bonchev–Trinajstić information content (AvgIpc) is 3.69. The van der Waals surface area contributed by atoms with E-state index in [4.69, 9.17) is 15.0 Å². The fraction of sp³-hybridized carbons (Fsp3) is 0. The molecule has 0 atom stereocenters. The minimum absolute atomic E-state index is 0.640. The molecule has 46 heavy (non-hydrogen) atoms. The van der Waals surface area contributed by atoms with Gasteiger partial charge in [0.2, 0.25) is 5.95 Å². The molecule has 4 heterocycles. The lowest BCUT2D eigenvalue weighted by Crippen LogP contribution is -2.04. The van der Waals surface area contributed by atoms with Crippen LogP contribution >= 0.6 is 11.3 Å². The Bertz CT molecular complexity index is 2810. The van der Waals surface area contributed by atoms with Crippen molar-refractivity contribution < 1.29 is 0 Å². The van der Waals surface area contributed by atoms with Gasteiger partial charge in [-0.25, -0.2) is 9.97 Å². The normalized spacial score (nSPS) is 11.9. The van der Waals surface area contributed by atoms with Crippen molar-refractivity contribution in [1.82, 2.24) is 19.5 Å². The number of hydrogen-bond donors (Lipinski definition) is 0. The highest BCUT2D eigenvalue weighted by atomic mass is 32.1. The zero-order valence-corrected chi connectivity index (χ0v) is 25.4. The fourth-order valence-corrected chi connectivity index (χ4v) is 8.33. The van der Waals surface area contributed by atoms with E-state index in [1.165, 1.54) is 41.7 Å². The van der Waals surface area contributed by atoms with Gasteiger partial charge in [0, 0.05) is 38.0 Å². The van der Waals surface area contributed by atoms with Gasteiger partial charge in [0.05, 0.1) is 21.3 Å². The third-order valence-corrected chi connectivity index (χ3v) is 10.2. The van der Waals surface area contributed by atoms with Crippen molar-refractivity contribution in [2.75, 3.05) is 0 Å². The van der Waals surface area contributed by atoms with Gasteiger partial charge in [-0.05, 0) is 52.2 Å². The molecule has 0 saturated heterocycles. The first-order valence-electron chi connectivity index (χ1n) is 15.4. The number of nitrogens with zero attached hydrogens (tertiary/aromatic N) is 4. The molecule has 0 amide bonds. The van der Waals surface area contributed by atoms with Crippen molar-refractivity contribution in [3.05, 3.63) is 146 Å². The highest BCUT2D eigenvalue weighted by molar-refractivity contribution is 7.27. The number of para-hydroxylation sites is 1. The van der Waals surface area contributed by atoms with Crippen LogP contribution in [0.2, 0.25) is 0 Å². The Kier molecular flexibility index (Phi) is 5.41. The molecule has 214 valence electrons. The Labute approximate surface area is 267 Å². The van der Waals surface area contributed by atoms with Crippen LogP contribution in [0.1, 0.15) is 0 Å². The molecular weight excluding hydrogens is 581 g/mol. The van der Waals surface area contributed by atoms with Gasteiger partial charge in [-0.1, -0.05) is 109 Å². The molecule has 10 rings (SSSR count). The number of hydrogen-bond acceptors (Lipinski definition) is 4. The molecule has 0 bridgehead atoms. The number of thiophene rings is 1. The maximum atomic E-state index is 5.38. The van der Waals surface area contributed by atoms with E-state index in [9.17, 15) is 0 Å². The molecule has 0 aliphatic heterocycles. The number of aromatic nitrogens is 4. The second-order valence-corrected chi connectivity index (χ2v) is 12.7. The first kappa shape index (κ1) is 25.4. The Morgan fingerprint density at radius 3 is 2.09 bits per heavy atom. The number of fused-ring (bicyclic) bond motifs is 11. The van der Waals surface area contributed by atoms with Gasteiger partial charge in [0.1, 0.15) is 11.2 Å². The van der Waals surface area contributed by atoms with Crippen molar-refractivity contribution >= 4 is 75.1 Å². The zero-order chi connectivity index (χ0) is 30.2. The summed E-state index contributed by atoms with van der Waals surface area (Å²) in [5.41, 5.74) is 7.95. The molecule has 0 N–H and O–H groups in total. The first-order valence-corrected chi connectivity index (χ1v) is 16.2. The summed E-state index contributed by atoms with van der Waals surface area (Å²) in [5, 5.41) is 7.49. The molecule has 10 aromatic rings. The topological polar surface area (TPSA) is 43.6 Å². The number of rotatable bonds is 3. The second kappa shape index (κ2) is 9.80. The third kappa shape index (κ3) is 3.63. The lowest BCUT2D eigenvalue weighted by Gasteiger charge is -2.13. The van der Waals surface area contributed by atoms with E-state index < -0.39 is 0 Å². The maximum Gasteiger partial charge on any atom is 0.235 e. The Hall–Kier alpha value is -5.91. The van der Waals surface area contributed by atoms with Gasteiger partial charge in [0.25, 0.3) is 0 Å². The van der Waals surface area contributed by atoms with Crippen molar-refractivity contribution in [2.45, 2.75) is 0 Å². The largest absolute Gasteiger partial charge is 0.276 e. The van der Waals surface area contributed by atoms with Crippen LogP contribution in [0, 0.1) is 0 Å². The van der Waals surface area contributed by atoms with E-state index in [0.29, 0.717) is 5.95 Å². The van der Waals surface area contributed by atoms with Crippen molar-refractivity contribution in [3.8, 4) is 28.3 Å². The Morgan fingerprint density at radius 2 is 1.22 bits per heavy atom. The van der Waals surface area contributed by atoms with Gasteiger partial charge in [-0.2, -0.15) is 0 Å². The van der Waals surface area contributed by atoms with E-state index in [0.717, 1.165) is 44.5 Å². The van der Waals surface area contributed by atoms with Crippen LogP contribution in [0.25, 0.3) is 92.1 Å². The molecule has 0 saturated carbocycles. The zero-order valence-electron chi connectivity index (χ0n) is 24.6. The molecule has 0 unspecified atom stereocenters. The fourth-order valence-electron chi connectivity index (χ4n) is 7.07. The summed E-state index contributed by atoms with van der Waals surface area (Å²) in [6.45, 7) is 0. The Balaban J connectivity index is 1.36. The predicted molar refractivity (Wildman–Crippen MR) is 193 cm³/mol. The summed E-state index contributed by atoms with van der Waals surface area (Å²) < 4.78 is 4.80. The van der Waals surface area contributed by atoms with Crippen LogP contribution in [-0.4, -0.2) is 19.5 Å². The quantitative estimate of drug-likeness (QED) is 0.201. The minimum atomic E-state index is 0.640. The molecular formula is C41H24N4S. The van der Waals surface area contributed by atoms with Crippen molar-refractivity contribution in [2.24, 2.45) is 0 Å². The summed E-state index contributed by atoms with van der Waals surface area (Å²) in [5.74, 6) is 0.640. The molecule has 5 heteroatoms. The molecule has 0 aliphatic rings. The van der Waals surface area contributed by atoms with Gasteiger partial charge < -0.3 is 0 Å². The van der Waals surface area contributed by atoms with Gasteiger partial charge in [-0.3, -0.25) is 9.55 Å². The SMILES string of the molecule is c1ccc(-c2cccc(-c3nc(-n4c5ccccc5c5c6ccccc6c6c7ccccc7sc6c54)nc4cccnc34)c2)cc1. The molecule has 0 radical (unpaired) electrons. The highest BCUT2D eigenvalue weighted by Gasteiger charge is 2.23. The molecule has 0 spiro atoms. The van der Waals surface area contributed by atoms with E-state index in [-0.39, 0.29) is 0 Å². The lowest BCUT2D eigenvalue weighted by molar-refractivity contribution is 1.01. The molecule has 6 aromatic carbocycles. The van der Waals surface area contributed by atoms with E-state index in [1.54, 1.807) is 0 Å². The molecule has 0 aliphatic carbocycles. The molecule has 4 nitrogen and oxygen atoms in total. The molecule has 4 aromatic heterocycles. The van der Waals surface area contributed by atoms with Crippen molar-refractivity contribution in [3.63, 3.8) is 0 Å². The number of pyridine rings is 1.